The van der Waals surface area contributed by atoms with E-state index in [2.05, 4.69) is 11.8 Å². The van der Waals surface area contributed by atoms with Crippen LogP contribution in [0.4, 0.5) is 0 Å². The number of hydrogen-bond donors (Lipinski definition) is 0. The number of benzene rings is 1. The fourth-order valence-corrected chi connectivity index (χ4v) is 5.74. The van der Waals surface area contributed by atoms with Gasteiger partial charge in [-0.2, -0.15) is 0 Å². The van der Waals surface area contributed by atoms with Crippen LogP contribution in [0.15, 0.2) is 24.3 Å². The molecule has 1 aromatic carbocycles. The lowest BCUT2D eigenvalue weighted by Gasteiger charge is -2.37. The highest BCUT2D eigenvalue weighted by molar-refractivity contribution is 7.88. The lowest BCUT2D eigenvalue weighted by molar-refractivity contribution is 0.136. The lowest BCUT2D eigenvalue weighted by Crippen LogP contribution is -2.43. The van der Waals surface area contributed by atoms with Crippen LogP contribution < -0.4 is 0 Å². The van der Waals surface area contributed by atoms with Gasteiger partial charge in [-0.3, -0.25) is 0 Å². The fourth-order valence-electron chi connectivity index (χ4n) is 4.17. The van der Waals surface area contributed by atoms with Gasteiger partial charge in [-0.1, -0.05) is 36.8 Å². The van der Waals surface area contributed by atoms with Gasteiger partial charge in [-0.05, 0) is 56.6 Å². The van der Waals surface area contributed by atoms with E-state index in [0.717, 1.165) is 36.4 Å². The van der Waals surface area contributed by atoms with Crippen molar-refractivity contribution in [3.63, 3.8) is 0 Å². The smallest absolute Gasteiger partial charge is 0.218 e. The average Bonchev–Trinajstić information content (AvgIpc) is 2.57. The molecular formula is C20H32N2O2S. The minimum Gasteiger partial charge on any atom is -0.303 e. The van der Waals surface area contributed by atoms with Crippen LogP contribution in [0.3, 0.4) is 0 Å². The van der Waals surface area contributed by atoms with Gasteiger partial charge in [0.2, 0.25) is 10.0 Å². The normalized spacial score (nSPS) is 24.5. The average molecular weight is 365 g/mol. The SMILES string of the molecule is Cc1ccc(CS(=O)(=O)N2CCC(CN3CCCC(C)C3)CC2)cc1. The van der Waals surface area contributed by atoms with Crippen LogP contribution in [0, 0.1) is 18.8 Å². The van der Waals surface area contributed by atoms with Crippen LogP contribution in [0.5, 0.6) is 0 Å². The Balaban J connectivity index is 1.50. The van der Waals surface area contributed by atoms with Gasteiger partial charge in [0.15, 0.2) is 0 Å². The molecule has 5 heteroatoms. The Kier molecular flexibility index (Phi) is 6.18. The van der Waals surface area contributed by atoms with Crippen molar-refractivity contribution in [3.05, 3.63) is 35.4 Å². The van der Waals surface area contributed by atoms with Crippen LogP contribution in [-0.4, -0.2) is 50.3 Å². The maximum absolute atomic E-state index is 12.7. The standard InChI is InChI=1S/C20H32N2O2S/c1-17-5-7-20(8-6-17)16-25(23,24)22-12-9-19(10-13-22)15-21-11-3-4-18(2)14-21/h5-8,18-19H,3-4,9-16H2,1-2H3. The first-order valence-corrected chi connectivity index (χ1v) is 11.3. The molecule has 0 spiro atoms. The van der Waals surface area contributed by atoms with E-state index in [4.69, 9.17) is 0 Å². The highest BCUT2D eigenvalue weighted by atomic mass is 32.2. The summed E-state index contributed by atoms with van der Waals surface area (Å²) in [6.07, 6.45) is 4.66. The maximum Gasteiger partial charge on any atom is 0.218 e. The van der Waals surface area contributed by atoms with E-state index in [9.17, 15) is 8.42 Å². The van der Waals surface area contributed by atoms with Gasteiger partial charge in [-0.15, -0.1) is 0 Å². The summed E-state index contributed by atoms with van der Waals surface area (Å²) in [5, 5.41) is 0. The third-order valence-electron chi connectivity index (χ3n) is 5.69. The predicted octanol–water partition coefficient (Wildman–Crippen LogP) is 3.27. The zero-order valence-electron chi connectivity index (χ0n) is 15.7. The van der Waals surface area contributed by atoms with Crippen molar-refractivity contribution >= 4 is 10.0 Å². The first-order valence-electron chi connectivity index (χ1n) is 9.68. The molecule has 0 radical (unpaired) electrons. The quantitative estimate of drug-likeness (QED) is 0.805. The maximum atomic E-state index is 12.7. The van der Waals surface area contributed by atoms with Crippen molar-refractivity contribution in [2.24, 2.45) is 11.8 Å². The molecule has 3 rings (SSSR count). The monoisotopic (exact) mass is 364 g/mol. The van der Waals surface area contributed by atoms with Crippen LogP contribution in [0.1, 0.15) is 43.7 Å². The van der Waals surface area contributed by atoms with Crippen LogP contribution in [0.25, 0.3) is 0 Å². The van der Waals surface area contributed by atoms with Gasteiger partial charge in [0, 0.05) is 26.2 Å². The molecule has 0 aromatic heterocycles. The molecule has 2 aliphatic heterocycles. The molecule has 1 atom stereocenters. The molecule has 0 bridgehead atoms. The molecule has 4 nitrogen and oxygen atoms in total. The predicted molar refractivity (Wildman–Crippen MR) is 103 cm³/mol. The summed E-state index contributed by atoms with van der Waals surface area (Å²) in [7, 11) is -3.19. The third kappa shape index (κ3) is 5.28. The molecule has 2 fully saturated rings. The van der Waals surface area contributed by atoms with E-state index in [0.29, 0.717) is 19.0 Å². The van der Waals surface area contributed by atoms with Gasteiger partial charge >= 0.3 is 0 Å². The molecule has 0 amide bonds. The van der Waals surface area contributed by atoms with Gasteiger partial charge in [0.25, 0.3) is 0 Å². The number of rotatable bonds is 5. The Labute approximate surface area is 153 Å². The zero-order valence-corrected chi connectivity index (χ0v) is 16.5. The van der Waals surface area contributed by atoms with Crippen LogP contribution in [-0.2, 0) is 15.8 Å². The summed E-state index contributed by atoms with van der Waals surface area (Å²) < 4.78 is 27.1. The van der Waals surface area contributed by atoms with Gasteiger partial charge in [-0.25, -0.2) is 12.7 Å². The number of sulfonamides is 1. The molecule has 2 heterocycles. The van der Waals surface area contributed by atoms with E-state index < -0.39 is 10.0 Å². The second-order valence-electron chi connectivity index (χ2n) is 8.09. The zero-order chi connectivity index (χ0) is 17.9. The molecular weight excluding hydrogens is 332 g/mol. The van der Waals surface area contributed by atoms with E-state index in [1.165, 1.54) is 25.9 Å². The Morgan fingerprint density at radius 1 is 1.04 bits per heavy atom. The van der Waals surface area contributed by atoms with E-state index >= 15 is 0 Å². The molecule has 0 saturated carbocycles. The first-order chi connectivity index (χ1) is 11.9. The minimum atomic E-state index is -3.19. The Morgan fingerprint density at radius 2 is 1.72 bits per heavy atom. The summed E-state index contributed by atoms with van der Waals surface area (Å²) in [4.78, 5) is 2.59. The second-order valence-corrected chi connectivity index (χ2v) is 10.1. The first kappa shape index (κ1) is 18.9. The molecule has 0 aliphatic carbocycles. The van der Waals surface area contributed by atoms with Gasteiger partial charge in [0.05, 0.1) is 5.75 Å². The highest BCUT2D eigenvalue weighted by Gasteiger charge is 2.29. The van der Waals surface area contributed by atoms with Crippen molar-refractivity contribution in [3.8, 4) is 0 Å². The van der Waals surface area contributed by atoms with Crippen molar-refractivity contribution in [1.29, 1.82) is 0 Å². The van der Waals surface area contributed by atoms with Crippen LogP contribution in [0.2, 0.25) is 0 Å². The van der Waals surface area contributed by atoms with E-state index in [-0.39, 0.29) is 5.75 Å². The molecule has 2 aliphatic rings. The molecule has 25 heavy (non-hydrogen) atoms. The Bertz CT molecular complexity index is 649. The number of hydrogen-bond acceptors (Lipinski definition) is 3. The molecule has 1 unspecified atom stereocenters. The fraction of sp³-hybridized carbons (Fsp3) is 0.700. The summed E-state index contributed by atoms with van der Waals surface area (Å²) in [6.45, 7) is 9.31. The molecule has 0 N–H and O–H groups in total. The molecule has 140 valence electrons. The van der Waals surface area contributed by atoms with Crippen LogP contribution >= 0.6 is 0 Å². The summed E-state index contributed by atoms with van der Waals surface area (Å²) in [6, 6.07) is 7.82. The topological polar surface area (TPSA) is 40.6 Å². The number of piperidine rings is 2. The lowest BCUT2D eigenvalue weighted by atomic mass is 9.94. The summed E-state index contributed by atoms with van der Waals surface area (Å²) in [5.41, 5.74) is 2.05. The minimum absolute atomic E-state index is 0.127. The summed E-state index contributed by atoms with van der Waals surface area (Å²) >= 11 is 0. The van der Waals surface area contributed by atoms with E-state index in [1.54, 1.807) is 4.31 Å². The van der Waals surface area contributed by atoms with Crippen molar-refractivity contribution < 1.29 is 8.42 Å². The third-order valence-corrected chi connectivity index (χ3v) is 7.54. The molecule has 1 aromatic rings. The number of aryl methyl sites for hydroxylation is 1. The molecule has 2 saturated heterocycles. The number of likely N-dealkylation sites (tertiary alicyclic amines) is 1. The van der Waals surface area contributed by atoms with Crippen molar-refractivity contribution in [2.75, 3.05) is 32.7 Å². The second kappa shape index (κ2) is 8.19. The Morgan fingerprint density at radius 3 is 2.36 bits per heavy atom. The van der Waals surface area contributed by atoms with Gasteiger partial charge in [0.1, 0.15) is 0 Å². The van der Waals surface area contributed by atoms with Gasteiger partial charge < -0.3 is 4.90 Å². The van der Waals surface area contributed by atoms with Crippen molar-refractivity contribution in [1.82, 2.24) is 9.21 Å². The van der Waals surface area contributed by atoms with E-state index in [1.807, 2.05) is 31.2 Å². The summed E-state index contributed by atoms with van der Waals surface area (Å²) in [5.74, 6) is 1.58. The highest BCUT2D eigenvalue weighted by Crippen LogP contribution is 2.24. The van der Waals surface area contributed by atoms with Crippen molar-refractivity contribution in [2.45, 2.75) is 45.3 Å². The Hall–Kier alpha value is -0.910. The largest absolute Gasteiger partial charge is 0.303 e. The number of nitrogens with zero attached hydrogens (tertiary/aromatic N) is 2.